The van der Waals surface area contributed by atoms with Crippen LogP contribution in [-0.2, 0) is 14.3 Å². The molecule has 2 unspecified atom stereocenters. The summed E-state index contributed by atoms with van der Waals surface area (Å²) < 4.78 is 5.50. The number of carbonyl (C=O) groups excluding carboxylic acids is 2. The van der Waals surface area contributed by atoms with E-state index in [0.717, 1.165) is 30.7 Å². The summed E-state index contributed by atoms with van der Waals surface area (Å²) in [6, 6.07) is 7.78. The van der Waals surface area contributed by atoms with Gasteiger partial charge in [0.15, 0.2) is 0 Å². The molecule has 22 heavy (non-hydrogen) atoms. The van der Waals surface area contributed by atoms with Crippen LogP contribution in [0.3, 0.4) is 0 Å². The van der Waals surface area contributed by atoms with E-state index >= 15 is 0 Å². The Bertz CT molecular complexity index is 567. The van der Waals surface area contributed by atoms with Crippen molar-refractivity contribution in [2.45, 2.75) is 32.3 Å². The largest absolute Gasteiger partial charge is 0.376 e. The smallest absolute Gasteiger partial charge is 0.227 e. The first-order chi connectivity index (χ1) is 10.6. The lowest BCUT2D eigenvalue weighted by Crippen LogP contribution is -2.37. The summed E-state index contributed by atoms with van der Waals surface area (Å²) in [6.45, 7) is 3.77. The molecule has 1 aromatic carbocycles. The van der Waals surface area contributed by atoms with Crippen LogP contribution in [0.2, 0.25) is 0 Å². The van der Waals surface area contributed by atoms with Crippen molar-refractivity contribution in [3.8, 4) is 0 Å². The lowest BCUT2D eigenvalue weighted by molar-refractivity contribution is -0.126. The minimum atomic E-state index is -0.270. The minimum Gasteiger partial charge on any atom is -0.376 e. The maximum absolute atomic E-state index is 12.3. The van der Waals surface area contributed by atoms with E-state index in [0.29, 0.717) is 13.1 Å². The number of anilines is 1. The number of hydrogen-bond acceptors (Lipinski definition) is 3. The quantitative estimate of drug-likeness (QED) is 0.920. The highest BCUT2D eigenvalue weighted by Crippen LogP contribution is 2.27. The summed E-state index contributed by atoms with van der Waals surface area (Å²) in [5.41, 5.74) is 1.96. The van der Waals surface area contributed by atoms with Crippen molar-refractivity contribution in [2.75, 3.05) is 24.6 Å². The molecule has 5 nitrogen and oxygen atoms in total. The molecule has 2 saturated heterocycles. The van der Waals surface area contributed by atoms with Gasteiger partial charge in [-0.05, 0) is 31.4 Å². The summed E-state index contributed by atoms with van der Waals surface area (Å²) >= 11 is 0. The molecule has 118 valence electrons. The van der Waals surface area contributed by atoms with Crippen LogP contribution in [0.4, 0.5) is 5.69 Å². The molecule has 0 aromatic heterocycles. The zero-order valence-electron chi connectivity index (χ0n) is 12.9. The molecule has 5 heteroatoms. The van der Waals surface area contributed by atoms with Crippen molar-refractivity contribution in [3.05, 3.63) is 29.8 Å². The number of aryl methyl sites for hydroxylation is 1. The van der Waals surface area contributed by atoms with E-state index < -0.39 is 0 Å². The monoisotopic (exact) mass is 302 g/mol. The van der Waals surface area contributed by atoms with E-state index in [2.05, 4.69) is 5.32 Å². The van der Waals surface area contributed by atoms with Gasteiger partial charge in [0, 0.05) is 31.8 Å². The molecule has 0 spiro atoms. The first-order valence-corrected chi connectivity index (χ1v) is 7.90. The minimum absolute atomic E-state index is 0.0200. The molecule has 2 fully saturated rings. The predicted octanol–water partition coefficient (Wildman–Crippen LogP) is 1.64. The van der Waals surface area contributed by atoms with Gasteiger partial charge in [-0.3, -0.25) is 9.59 Å². The summed E-state index contributed by atoms with van der Waals surface area (Å²) in [5, 5.41) is 2.93. The maximum atomic E-state index is 12.3. The Hall–Kier alpha value is -1.88. The topological polar surface area (TPSA) is 58.6 Å². The Morgan fingerprint density at radius 1 is 1.41 bits per heavy atom. The van der Waals surface area contributed by atoms with Gasteiger partial charge in [0.2, 0.25) is 11.8 Å². The van der Waals surface area contributed by atoms with E-state index in [-0.39, 0.29) is 30.3 Å². The van der Waals surface area contributed by atoms with Crippen LogP contribution in [-0.4, -0.2) is 37.6 Å². The molecule has 2 amide bonds. The van der Waals surface area contributed by atoms with Crippen LogP contribution in [0.25, 0.3) is 0 Å². The number of amides is 2. The number of nitrogens with one attached hydrogen (secondary N) is 1. The van der Waals surface area contributed by atoms with Crippen molar-refractivity contribution in [3.63, 3.8) is 0 Å². The number of hydrogen-bond donors (Lipinski definition) is 1. The van der Waals surface area contributed by atoms with E-state index in [9.17, 15) is 9.59 Å². The Labute approximate surface area is 130 Å². The summed E-state index contributed by atoms with van der Waals surface area (Å²) in [5.74, 6) is -0.292. The third kappa shape index (κ3) is 3.14. The highest BCUT2D eigenvalue weighted by atomic mass is 16.5. The van der Waals surface area contributed by atoms with Crippen molar-refractivity contribution >= 4 is 17.5 Å². The maximum Gasteiger partial charge on any atom is 0.227 e. The molecule has 2 atom stereocenters. The van der Waals surface area contributed by atoms with Crippen LogP contribution in [0.15, 0.2) is 24.3 Å². The third-order valence-electron chi connectivity index (χ3n) is 4.43. The number of para-hydroxylation sites is 1. The van der Waals surface area contributed by atoms with Crippen molar-refractivity contribution in [1.29, 1.82) is 0 Å². The molecule has 2 aliphatic rings. The predicted molar refractivity (Wildman–Crippen MR) is 83.6 cm³/mol. The number of rotatable bonds is 4. The van der Waals surface area contributed by atoms with Gasteiger partial charge in [-0.25, -0.2) is 0 Å². The standard InChI is InChI=1S/C17H22N2O3/c1-12-5-2-3-7-15(12)19-11-13(9-16(19)20)17(21)18-10-14-6-4-8-22-14/h2-3,5,7,13-14H,4,6,8-11H2,1H3,(H,18,21). The second-order valence-electron chi connectivity index (χ2n) is 6.07. The number of nitrogens with zero attached hydrogens (tertiary/aromatic N) is 1. The van der Waals surface area contributed by atoms with Gasteiger partial charge < -0.3 is 15.0 Å². The van der Waals surface area contributed by atoms with Gasteiger partial charge in [0.25, 0.3) is 0 Å². The Morgan fingerprint density at radius 2 is 2.23 bits per heavy atom. The second-order valence-corrected chi connectivity index (χ2v) is 6.07. The summed E-state index contributed by atoms with van der Waals surface area (Å²) in [6.07, 6.45) is 2.47. The van der Waals surface area contributed by atoms with E-state index in [1.54, 1.807) is 4.90 Å². The van der Waals surface area contributed by atoms with Gasteiger partial charge in [0.05, 0.1) is 12.0 Å². The Balaban J connectivity index is 1.59. The zero-order valence-corrected chi connectivity index (χ0v) is 12.9. The molecule has 1 aromatic rings. The average Bonchev–Trinajstić information content (AvgIpc) is 3.15. The van der Waals surface area contributed by atoms with E-state index in [1.807, 2.05) is 31.2 Å². The fraction of sp³-hybridized carbons (Fsp3) is 0.529. The molecule has 1 N–H and O–H groups in total. The van der Waals surface area contributed by atoms with Crippen LogP contribution in [0.5, 0.6) is 0 Å². The second kappa shape index (κ2) is 6.48. The molecular formula is C17H22N2O3. The highest BCUT2D eigenvalue weighted by Gasteiger charge is 2.35. The van der Waals surface area contributed by atoms with Crippen LogP contribution < -0.4 is 10.2 Å². The number of benzene rings is 1. The van der Waals surface area contributed by atoms with Crippen LogP contribution in [0, 0.1) is 12.8 Å². The van der Waals surface area contributed by atoms with Crippen molar-refractivity contribution in [2.24, 2.45) is 5.92 Å². The molecule has 0 radical (unpaired) electrons. The molecule has 0 bridgehead atoms. The Morgan fingerprint density at radius 3 is 2.95 bits per heavy atom. The van der Waals surface area contributed by atoms with Gasteiger partial charge in [-0.15, -0.1) is 0 Å². The molecule has 2 heterocycles. The average molecular weight is 302 g/mol. The molecular weight excluding hydrogens is 280 g/mol. The highest BCUT2D eigenvalue weighted by molar-refractivity contribution is 6.00. The van der Waals surface area contributed by atoms with Crippen molar-refractivity contribution in [1.82, 2.24) is 5.32 Å². The molecule has 0 saturated carbocycles. The van der Waals surface area contributed by atoms with Gasteiger partial charge in [-0.1, -0.05) is 18.2 Å². The van der Waals surface area contributed by atoms with Gasteiger partial charge >= 0.3 is 0 Å². The van der Waals surface area contributed by atoms with Crippen LogP contribution in [0.1, 0.15) is 24.8 Å². The van der Waals surface area contributed by atoms with Gasteiger partial charge in [0.1, 0.15) is 0 Å². The summed E-state index contributed by atoms with van der Waals surface area (Å²) in [7, 11) is 0. The summed E-state index contributed by atoms with van der Waals surface area (Å²) in [4.78, 5) is 26.2. The van der Waals surface area contributed by atoms with E-state index in [1.165, 1.54) is 0 Å². The molecule has 0 aliphatic carbocycles. The first-order valence-electron chi connectivity index (χ1n) is 7.90. The lowest BCUT2D eigenvalue weighted by Gasteiger charge is -2.19. The fourth-order valence-corrected chi connectivity index (χ4v) is 3.15. The normalized spacial score (nSPS) is 24.8. The zero-order chi connectivity index (χ0) is 15.5. The lowest BCUT2D eigenvalue weighted by atomic mass is 10.1. The SMILES string of the molecule is Cc1ccccc1N1CC(C(=O)NCC2CCCO2)CC1=O. The van der Waals surface area contributed by atoms with Gasteiger partial charge in [-0.2, -0.15) is 0 Å². The van der Waals surface area contributed by atoms with Crippen molar-refractivity contribution < 1.29 is 14.3 Å². The number of carbonyl (C=O) groups is 2. The van der Waals surface area contributed by atoms with E-state index in [4.69, 9.17) is 4.74 Å². The first kappa shape index (κ1) is 15.0. The molecule has 3 rings (SSSR count). The third-order valence-corrected chi connectivity index (χ3v) is 4.43. The van der Waals surface area contributed by atoms with Crippen LogP contribution >= 0.6 is 0 Å². The Kier molecular flexibility index (Phi) is 4.43. The number of ether oxygens (including phenoxy) is 1. The molecule has 2 aliphatic heterocycles. The fourth-order valence-electron chi connectivity index (χ4n) is 3.15.